The lowest BCUT2D eigenvalue weighted by atomic mass is 10.0. The van der Waals surface area contributed by atoms with Gasteiger partial charge < -0.3 is 15.1 Å². The molecule has 6 nitrogen and oxygen atoms in total. The molecule has 1 fully saturated rings. The molecule has 0 aliphatic carbocycles. The van der Waals surface area contributed by atoms with Gasteiger partial charge in [0, 0.05) is 56.0 Å². The molecule has 0 radical (unpaired) electrons. The number of aryl methyl sites for hydroxylation is 1. The Morgan fingerprint density at radius 2 is 1.79 bits per heavy atom. The van der Waals surface area contributed by atoms with Crippen molar-refractivity contribution in [1.29, 1.82) is 0 Å². The zero-order chi connectivity index (χ0) is 20.4. The lowest BCUT2D eigenvalue weighted by Crippen LogP contribution is -2.48. The van der Waals surface area contributed by atoms with E-state index in [1.165, 1.54) is 11.3 Å². The average Bonchev–Trinajstić information content (AvgIpc) is 3.11. The van der Waals surface area contributed by atoms with E-state index in [9.17, 15) is 14.4 Å². The molecule has 0 aromatic heterocycles. The van der Waals surface area contributed by atoms with Gasteiger partial charge in [-0.15, -0.1) is 0 Å². The highest BCUT2D eigenvalue weighted by Crippen LogP contribution is 2.24. The smallest absolute Gasteiger partial charge is 0.228 e. The van der Waals surface area contributed by atoms with Crippen LogP contribution < -0.4 is 10.2 Å². The summed E-state index contributed by atoms with van der Waals surface area (Å²) in [5.74, 6) is -0.0799. The number of hydrogen-bond acceptors (Lipinski definition) is 4. The molecule has 29 heavy (non-hydrogen) atoms. The van der Waals surface area contributed by atoms with Gasteiger partial charge in [0.1, 0.15) is 0 Å². The van der Waals surface area contributed by atoms with Crippen LogP contribution in [0.2, 0.25) is 0 Å². The zero-order valence-corrected chi connectivity index (χ0v) is 16.6. The Hall–Kier alpha value is -3.15. The monoisotopic (exact) mass is 391 g/mol. The van der Waals surface area contributed by atoms with Gasteiger partial charge in [-0.05, 0) is 48.4 Å². The fourth-order valence-corrected chi connectivity index (χ4v) is 3.96. The van der Waals surface area contributed by atoms with E-state index in [4.69, 9.17) is 0 Å². The third-order valence-electron chi connectivity index (χ3n) is 5.62. The van der Waals surface area contributed by atoms with Crippen LogP contribution in [0.15, 0.2) is 42.5 Å². The molecule has 150 valence electrons. The molecule has 1 saturated heterocycles. The summed E-state index contributed by atoms with van der Waals surface area (Å²) in [6.45, 7) is 5.03. The number of ketones is 1. The molecule has 0 spiro atoms. The first-order valence-electron chi connectivity index (χ1n) is 10.0. The predicted octanol–water partition coefficient (Wildman–Crippen LogP) is 2.80. The first-order chi connectivity index (χ1) is 14.0. The average molecular weight is 391 g/mol. The van der Waals surface area contributed by atoms with Crippen molar-refractivity contribution in [3.05, 3.63) is 59.2 Å². The van der Waals surface area contributed by atoms with Crippen LogP contribution in [0.4, 0.5) is 11.4 Å². The van der Waals surface area contributed by atoms with Crippen molar-refractivity contribution >= 4 is 29.0 Å². The quantitative estimate of drug-likeness (QED) is 0.796. The number of nitrogens with zero attached hydrogens (tertiary/aromatic N) is 2. The SMILES string of the molecule is Cc1cccc(N2CCN(C(=O)CCC(=O)c3ccc4c(c3)CC(=O)N4)CC2)c1. The van der Waals surface area contributed by atoms with Gasteiger partial charge in [-0.3, -0.25) is 14.4 Å². The molecule has 6 heteroatoms. The number of anilines is 2. The van der Waals surface area contributed by atoms with E-state index in [1.807, 2.05) is 4.90 Å². The zero-order valence-electron chi connectivity index (χ0n) is 16.6. The van der Waals surface area contributed by atoms with Gasteiger partial charge in [-0.1, -0.05) is 12.1 Å². The minimum absolute atomic E-state index is 0.0280. The number of piperazine rings is 1. The summed E-state index contributed by atoms with van der Waals surface area (Å²) in [4.78, 5) is 40.7. The lowest BCUT2D eigenvalue weighted by Gasteiger charge is -2.36. The maximum absolute atomic E-state index is 12.6. The third-order valence-corrected chi connectivity index (χ3v) is 5.62. The van der Waals surface area contributed by atoms with Crippen molar-refractivity contribution in [1.82, 2.24) is 4.90 Å². The largest absolute Gasteiger partial charge is 0.368 e. The Labute approximate surface area is 170 Å². The lowest BCUT2D eigenvalue weighted by molar-refractivity contribution is -0.131. The molecule has 2 aromatic rings. The van der Waals surface area contributed by atoms with Gasteiger partial charge in [0.15, 0.2) is 5.78 Å². The van der Waals surface area contributed by atoms with Crippen molar-refractivity contribution in [3.8, 4) is 0 Å². The van der Waals surface area contributed by atoms with Crippen LogP contribution in [0.3, 0.4) is 0 Å². The molecule has 1 N–H and O–H groups in total. The highest BCUT2D eigenvalue weighted by molar-refractivity contribution is 6.02. The minimum Gasteiger partial charge on any atom is -0.368 e. The molecule has 2 heterocycles. The Balaban J connectivity index is 1.28. The predicted molar refractivity (Wildman–Crippen MR) is 112 cm³/mol. The van der Waals surface area contributed by atoms with E-state index in [0.29, 0.717) is 25.1 Å². The van der Waals surface area contributed by atoms with E-state index in [2.05, 4.69) is 41.4 Å². The summed E-state index contributed by atoms with van der Waals surface area (Å²) in [5, 5.41) is 2.76. The number of fused-ring (bicyclic) bond motifs is 1. The van der Waals surface area contributed by atoms with E-state index in [0.717, 1.165) is 24.3 Å². The molecule has 0 bridgehead atoms. The van der Waals surface area contributed by atoms with Gasteiger partial charge in [0.25, 0.3) is 0 Å². The minimum atomic E-state index is -0.0566. The normalized spacial score (nSPS) is 15.8. The highest BCUT2D eigenvalue weighted by atomic mass is 16.2. The molecule has 2 amide bonds. The summed E-state index contributed by atoms with van der Waals surface area (Å²) in [6.07, 6.45) is 0.717. The standard InChI is InChI=1S/C23H25N3O3/c1-16-3-2-4-19(13-16)25-9-11-26(12-10-25)23(29)8-7-21(27)17-5-6-20-18(14-17)15-22(28)24-20/h2-6,13-14H,7-12,15H2,1H3,(H,24,28). The van der Waals surface area contributed by atoms with E-state index in [1.54, 1.807) is 18.2 Å². The van der Waals surface area contributed by atoms with Crippen LogP contribution in [0.25, 0.3) is 0 Å². The summed E-state index contributed by atoms with van der Waals surface area (Å²) in [5.41, 5.74) is 4.61. The number of carbonyl (C=O) groups excluding carboxylic acids is 3. The molecule has 2 aromatic carbocycles. The second-order valence-corrected chi connectivity index (χ2v) is 7.73. The number of amides is 2. The molecule has 2 aliphatic heterocycles. The second-order valence-electron chi connectivity index (χ2n) is 7.73. The molecule has 2 aliphatic rings. The van der Waals surface area contributed by atoms with Crippen molar-refractivity contribution in [2.75, 3.05) is 36.4 Å². The summed E-state index contributed by atoms with van der Waals surface area (Å²) in [7, 11) is 0. The van der Waals surface area contributed by atoms with Gasteiger partial charge in [0.05, 0.1) is 6.42 Å². The second kappa shape index (κ2) is 8.07. The number of Topliss-reactive ketones (excluding diaryl/α,β-unsaturated/α-hetero) is 1. The van der Waals surface area contributed by atoms with Gasteiger partial charge in [-0.25, -0.2) is 0 Å². The number of nitrogens with one attached hydrogen (secondary N) is 1. The van der Waals surface area contributed by atoms with Crippen molar-refractivity contribution in [2.45, 2.75) is 26.2 Å². The Bertz CT molecular complexity index is 962. The Kier molecular flexibility index (Phi) is 5.34. The van der Waals surface area contributed by atoms with Crippen molar-refractivity contribution in [2.24, 2.45) is 0 Å². The van der Waals surface area contributed by atoms with Crippen LogP contribution in [-0.2, 0) is 16.0 Å². The van der Waals surface area contributed by atoms with E-state index in [-0.39, 0.29) is 30.4 Å². The van der Waals surface area contributed by atoms with Crippen LogP contribution in [0.1, 0.15) is 34.3 Å². The topological polar surface area (TPSA) is 69.7 Å². The number of benzene rings is 2. The van der Waals surface area contributed by atoms with Gasteiger partial charge in [-0.2, -0.15) is 0 Å². The van der Waals surface area contributed by atoms with Crippen LogP contribution >= 0.6 is 0 Å². The summed E-state index contributed by atoms with van der Waals surface area (Å²) < 4.78 is 0. The first-order valence-corrected chi connectivity index (χ1v) is 10.0. The number of carbonyl (C=O) groups is 3. The third kappa shape index (κ3) is 4.31. The molecule has 0 atom stereocenters. The van der Waals surface area contributed by atoms with Crippen LogP contribution in [0.5, 0.6) is 0 Å². The fourth-order valence-electron chi connectivity index (χ4n) is 3.96. The first kappa shape index (κ1) is 19.2. The van der Waals surface area contributed by atoms with Gasteiger partial charge in [0.2, 0.25) is 11.8 Å². The van der Waals surface area contributed by atoms with Crippen LogP contribution in [0, 0.1) is 6.92 Å². The van der Waals surface area contributed by atoms with E-state index < -0.39 is 0 Å². The molecule has 0 saturated carbocycles. The number of hydrogen-bond donors (Lipinski definition) is 1. The van der Waals surface area contributed by atoms with E-state index >= 15 is 0 Å². The highest BCUT2D eigenvalue weighted by Gasteiger charge is 2.23. The maximum atomic E-state index is 12.6. The number of rotatable bonds is 5. The Morgan fingerprint density at radius 3 is 2.55 bits per heavy atom. The summed E-state index contributed by atoms with van der Waals surface area (Å²) >= 11 is 0. The molecular weight excluding hydrogens is 366 g/mol. The molecular formula is C23H25N3O3. The Morgan fingerprint density at radius 1 is 1.00 bits per heavy atom. The van der Waals surface area contributed by atoms with Crippen molar-refractivity contribution < 1.29 is 14.4 Å². The van der Waals surface area contributed by atoms with Crippen LogP contribution in [-0.4, -0.2) is 48.7 Å². The van der Waals surface area contributed by atoms with Gasteiger partial charge >= 0.3 is 0 Å². The summed E-state index contributed by atoms with van der Waals surface area (Å²) in [6, 6.07) is 13.6. The van der Waals surface area contributed by atoms with Crippen molar-refractivity contribution in [3.63, 3.8) is 0 Å². The fraction of sp³-hybridized carbons (Fsp3) is 0.348. The molecule has 0 unspecified atom stereocenters. The molecule has 4 rings (SSSR count). The maximum Gasteiger partial charge on any atom is 0.228 e.